The van der Waals surface area contributed by atoms with Crippen LogP contribution < -0.4 is 10.5 Å². The smallest absolute Gasteiger partial charge is 0.434 e. The topological polar surface area (TPSA) is 91.9 Å². The van der Waals surface area contributed by atoms with Crippen LogP contribution in [0.4, 0.5) is 0 Å². The Hall–Kier alpha value is -5.15. The predicted octanol–water partition coefficient (Wildman–Crippen LogP) is 8.28. The lowest BCUT2D eigenvalue weighted by atomic mass is 9.87. The van der Waals surface area contributed by atoms with Gasteiger partial charge in [-0.25, -0.2) is 9.89 Å². The molecule has 0 bridgehead atoms. The number of ether oxygens (including phenoxy) is 1. The van der Waals surface area contributed by atoms with Gasteiger partial charge in [0, 0.05) is 11.1 Å². The fourth-order valence-corrected chi connectivity index (χ4v) is 5.06. The van der Waals surface area contributed by atoms with E-state index in [0.717, 1.165) is 41.7 Å². The third-order valence-corrected chi connectivity index (χ3v) is 7.70. The molecule has 0 spiro atoms. The molecule has 0 saturated heterocycles. The lowest BCUT2D eigenvalue weighted by Crippen LogP contribution is -2.10. The van der Waals surface area contributed by atoms with E-state index < -0.39 is 5.76 Å². The summed E-state index contributed by atoms with van der Waals surface area (Å²) in [4.78, 5) is 11.4. The van der Waals surface area contributed by atoms with Gasteiger partial charge in [0.25, 0.3) is 0 Å². The van der Waals surface area contributed by atoms with Crippen molar-refractivity contribution < 1.29 is 9.15 Å². The van der Waals surface area contributed by atoms with Crippen LogP contribution in [0.5, 0.6) is 5.75 Å². The Balaban J connectivity index is 1.31. The van der Waals surface area contributed by atoms with Crippen LogP contribution in [0.2, 0.25) is 0 Å². The number of para-hydroxylation sites is 1. The van der Waals surface area contributed by atoms with Crippen molar-refractivity contribution in [2.75, 3.05) is 0 Å². The summed E-state index contributed by atoms with van der Waals surface area (Å²) in [5.74, 6) is 0.803. The minimum Gasteiger partial charge on any atom is -0.488 e. The van der Waals surface area contributed by atoms with Gasteiger partial charge in [0.15, 0.2) is 0 Å². The molecule has 0 saturated carbocycles. The molecule has 1 heterocycles. The highest BCUT2D eigenvalue weighted by Crippen LogP contribution is 2.26. The molecule has 4 aromatic carbocycles. The number of aromatic amines is 1. The molecule has 0 fully saturated rings. The quantitative estimate of drug-likeness (QED) is 0.169. The Bertz CT molecular complexity index is 1780. The van der Waals surface area contributed by atoms with E-state index in [1.54, 1.807) is 0 Å². The second kappa shape index (κ2) is 13.9. The summed E-state index contributed by atoms with van der Waals surface area (Å²) >= 11 is 0. The standard InChI is InChI=1S/C38H37N3O3/c1-38(2,3)34-22-17-31(18-23-34)26-43-35-7-5-4-6-32(35)19-14-28(11-8-27-9-12-30(25-39)13-10-27)24-29-15-20-33(21-16-29)36-40-41-37(42)44-36/h4-7,9-10,12-23,28H,8,11,24,26H2,1-3H3,(H,41,42). The van der Waals surface area contributed by atoms with Crippen molar-refractivity contribution >= 4 is 6.08 Å². The van der Waals surface area contributed by atoms with E-state index in [-0.39, 0.29) is 17.2 Å². The van der Waals surface area contributed by atoms with Crippen molar-refractivity contribution in [1.29, 1.82) is 5.26 Å². The minimum absolute atomic E-state index is 0.118. The number of benzene rings is 4. The largest absolute Gasteiger partial charge is 0.488 e. The van der Waals surface area contributed by atoms with Crippen molar-refractivity contribution in [3.63, 3.8) is 0 Å². The fraction of sp³-hybridized carbons (Fsp3) is 0.237. The number of aromatic nitrogens is 2. The molecule has 0 radical (unpaired) electrons. The third kappa shape index (κ3) is 8.23. The second-order valence-corrected chi connectivity index (χ2v) is 12.1. The van der Waals surface area contributed by atoms with Gasteiger partial charge in [-0.1, -0.05) is 99.7 Å². The lowest BCUT2D eigenvalue weighted by Gasteiger charge is -2.19. The van der Waals surface area contributed by atoms with Gasteiger partial charge in [-0.15, -0.1) is 5.10 Å². The second-order valence-electron chi connectivity index (χ2n) is 12.1. The van der Waals surface area contributed by atoms with Crippen LogP contribution in [0, 0.1) is 17.2 Å². The summed E-state index contributed by atoms with van der Waals surface area (Å²) in [5, 5.41) is 15.4. The van der Waals surface area contributed by atoms with E-state index in [4.69, 9.17) is 14.4 Å². The highest BCUT2D eigenvalue weighted by Gasteiger charge is 2.13. The van der Waals surface area contributed by atoms with E-state index in [1.807, 2.05) is 54.6 Å². The third-order valence-electron chi connectivity index (χ3n) is 7.70. The summed E-state index contributed by atoms with van der Waals surface area (Å²) in [6.45, 7) is 7.15. The molecule has 222 valence electrons. The first-order valence-corrected chi connectivity index (χ1v) is 14.9. The Morgan fingerprint density at radius 1 is 0.909 bits per heavy atom. The maximum atomic E-state index is 11.4. The van der Waals surface area contributed by atoms with Gasteiger partial charge >= 0.3 is 5.76 Å². The Morgan fingerprint density at radius 2 is 1.59 bits per heavy atom. The van der Waals surface area contributed by atoms with Gasteiger partial charge in [-0.3, -0.25) is 0 Å². The highest BCUT2D eigenvalue weighted by molar-refractivity contribution is 5.57. The number of allylic oxidation sites excluding steroid dienone is 1. The molecule has 0 aliphatic heterocycles. The average molecular weight is 584 g/mol. The molecule has 1 N–H and O–H groups in total. The molecule has 5 aromatic rings. The van der Waals surface area contributed by atoms with Crippen molar-refractivity contribution in [3.05, 3.63) is 147 Å². The number of hydrogen-bond donors (Lipinski definition) is 1. The molecule has 0 aliphatic rings. The van der Waals surface area contributed by atoms with Gasteiger partial charge < -0.3 is 9.15 Å². The molecular formula is C38H37N3O3. The van der Waals surface area contributed by atoms with Crippen molar-refractivity contribution in [2.24, 2.45) is 5.92 Å². The normalized spacial score (nSPS) is 12.2. The van der Waals surface area contributed by atoms with E-state index in [0.29, 0.717) is 12.2 Å². The highest BCUT2D eigenvalue weighted by atomic mass is 16.5. The summed E-state index contributed by atoms with van der Waals surface area (Å²) < 4.78 is 11.4. The number of H-pyrrole nitrogens is 1. The van der Waals surface area contributed by atoms with Crippen LogP contribution in [0.15, 0.2) is 112 Å². The number of hydrogen-bond acceptors (Lipinski definition) is 5. The lowest BCUT2D eigenvalue weighted by molar-refractivity contribution is 0.305. The Morgan fingerprint density at radius 3 is 2.25 bits per heavy atom. The summed E-state index contributed by atoms with van der Waals surface area (Å²) in [5.41, 5.74) is 7.37. The average Bonchev–Trinajstić information content (AvgIpc) is 3.48. The van der Waals surface area contributed by atoms with Crippen LogP contribution in [-0.2, 0) is 24.9 Å². The maximum absolute atomic E-state index is 11.4. The number of aryl methyl sites for hydroxylation is 1. The molecule has 1 aromatic heterocycles. The summed E-state index contributed by atoms with van der Waals surface area (Å²) in [6.07, 6.45) is 7.08. The molecule has 1 unspecified atom stereocenters. The number of nitrogens with zero attached hydrogens (tertiary/aromatic N) is 2. The van der Waals surface area contributed by atoms with Crippen LogP contribution in [0.1, 0.15) is 60.6 Å². The zero-order chi connectivity index (χ0) is 30.9. The first-order valence-electron chi connectivity index (χ1n) is 14.9. The van der Waals surface area contributed by atoms with Crippen molar-refractivity contribution in [1.82, 2.24) is 10.2 Å². The monoisotopic (exact) mass is 583 g/mol. The molecule has 44 heavy (non-hydrogen) atoms. The van der Waals surface area contributed by atoms with E-state index in [2.05, 4.69) is 91.7 Å². The summed E-state index contributed by atoms with van der Waals surface area (Å²) in [7, 11) is 0. The van der Waals surface area contributed by atoms with Crippen LogP contribution in [0.3, 0.4) is 0 Å². The van der Waals surface area contributed by atoms with E-state index in [9.17, 15) is 4.79 Å². The Kier molecular flexibility index (Phi) is 9.56. The van der Waals surface area contributed by atoms with Crippen LogP contribution >= 0.6 is 0 Å². The molecule has 0 aliphatic carbocycles. The molecule has 0 amide bonds. The van der Waals surface area contributed by atoms with Gasteiger partial charge in [-0.2, -0.15) is 5.26 Å². The first kappa shape index (κ1) is 30.3. The van der Waals surface area contributed by atoms with Crippen LogP contribution in [-0.4, -0.2) is 10.2 Å². The SMILES string of the molecule is CC(C)(C)c1ccc(COc2ccccc2C=CC(CCc2ccc(C#N)cc2)Cc2ccc(-c3n[nH]c(=O)o3)cc2)cc1. The van der Waals surface area contributed by atoms with Crippen molar-refractivity contribution in [2.45, 2.75) is 52.1 Å². The number of rotatable bonds is 11. The summed E-state index contributed by atoms with van der Waals surface area (Å²) in [6, 6.07) is 34.7. The zero-order valence-electron chi connectivity index (χ0n) is 25.4. The molecule has 6 nitrogen and oxygen atoms in total. The first-order chi connectivity index (χ1) is 21.3. The maximum Gasteiger partial charge on any atom is 0.434 e. The predicted molar refractivity (Wildman–Crippen MR) is 174 cm³/mol. The van der Waals surface area contributed by atoms with Crippen LogP contribution in [0.25, 0.3) is 17.5 Å². The molecule has 6 heteroatoms. The number of nitrogens with one attached hydrogen (secondary N) is 1. The number of nitriles is 1. The van der Waals surface area contributed by atoms with Gasteiger partial charge in [0.2, 0.25) is 5.89 Å². The molecular weight excluding hydrogens is 546 g/mol. The van der Waals surface area contributed by atoms with E-state index >= 15 is 0 Å². The molecule has 5 rings (SSSR count). The van der Waals surface area contributed by atoms with Gasteiger partial charge in [0.1, 0.15) is 12.4 Å². The van der Waals surface area contributed by atoms with Crippen molar-refractivity contribution in [3.8, 4) is 23.3 Å². The van der Waals surface area contributed by atoms with E-state index in [1.165, 1.54) is 16.7 Å². The van der Waals surface area contributed by atoms with Gasteiger partial charge in [0.05, 0.1) is 11.6 Å². The van der Waals surface area contributed by atoms with Gasteiger partial charge in [-0.05, 0) is 83.2 Å². The Labute approximate surface area is 258 Å². The fourth-order valence-electron chi connectivity index (χ4n) is 5.06. The minimum atomic E-state index is -0.570. The zero-order valence-corrected chi connectivity index (χ0v) is 25.4. The molecule has 1 atom stereocenters.